The number of hydrogen-bond donors (Lipinski definition) is 1. The van der Waals surface area contributed by atoms with Crippen LogP contribution in [0, 0.1) is 0 Å². The average Bonchev–Trinajstić information content (AvgIpc) is 3.15. The normalized spacial score (nSPS) is 13.0. The molecule has 5 nitrogen and oxygen atoms in total. The quantitative estimate of drug-likeness (QED) is 0.531. The Morgan fingerprint density at radius 1 is 1.17 bits per heavy atom. The van der Waals surface area contributed by atoms with Crippen molar-refractivity contribution in [1.29, 1.82) is 0 Å². The molecule has 3 rings (SSSR count). The van der Waals surface area contributed by atoms with Gasteiger partial charge < -0.3 is 10.0 Å². The Labute approximate surface area is 174 Å². The fourth-order valence-corrected chi connectivity index (χ4v) is 3.71. The van der Waals surface area contributed by atoms with Gasteiger partial charge in [0.05, 0.1) is 18.0 Å². The summed E-state index contributed by atoms with van der Waals surface area (Å²) in [5.74, 6) is 0. The standard InChI is InChI=1S/C24H34N4O/c1-6-8-12-27(5)16-18-10-9-11-19(13-18)22-14-20(23(29)7-2)21-15-25-28(17(3)4)24(21)26-22/h9-11,13-15,17,23,29H,6-8,12,16H2,1-5H3. The summed E-state index contributed by atoms with van der Waals surface area (Å²) >= 11 is 0. The Hall–Kier alpha value is -2.24. The summed E-state index contributed by atoms with van der Waals surface area (Å²) in [7, 11) is 2.17. The highest BCUT2D eigenvalue weighted by molar-refractivity contribution is 5.83. The Kier molecular flexibility index (Phi) is 7.04. The van der Waals surface area contributed by atoms with E-state index in [2.05, 4.69) is 62.1 Å². The Balaban J connectivity index is 2.03. The smallest absolute Gasteiger partial charge is 0.159 e. The molecule has 2 aromatic heterocycles. The predicted molar refractivity (Wildman–Crippen MR) is 120 cm³/mol. The highest BCUT2D eigenvalue weighted by Gasteiger charge is 2.18. The van der Waals surface area contributed by atoms with E-state index in [4.69, 9.17) is 4.98 Å². The molecule has 0 fully saturated rings. The molecular weight excluding hydrogens is 360 g/mol. The van der Waals surface area contributed by atoms with Crippen molar-refractivity contribution in [2.45, 2.75) is 65.6 Å². The Morgan fingerprint density at radius 2 is 1.97 bits per heavy atom. The van der Waals surface area contributed by atoms with Gasteiger partial charge in [0.15, 0.2) is 5.65 Å². The molecule has 156 valence electrons. The molecule has 0 saturated heterocycles. The summed E-state index contributed by atoms with van der Waals surface area (Å²) in [6.07, 6.45) is 4.40. The summed E-state index contributed by atoms with van der Waals surface area (Å²) in [5, 5.41) is 16.1. The first-order valence-corrected chi connectivity index (χ1v) is 10.8. The molecule has 0 spiro atoms. The van der Waals surface area contributed by atoms with E-state index in [-0.39, 0.29) is 6.04 Å². The van der Waals surface area contributed by atoms with Crippen molar-refractivity contribution in [2.75, 3.05) is 13.6 Å². The van der Waals surface area contributed by atoms with Gasteiger partial charge in [-0.05, 0) is 63.5 Å². The first-order valence-electron chi connectivity index (χ1n) is 10.8. The molecule has 1 atom stereocenters. The number of aliphatic hydroxyl groups is 1. The van der Waals surface area contributed by atoms with E-state index in [1.165, 1.54) is 18.4 Å². The lowest BCUT2D eigenvalue weighted by atomic mass is 10.0. The molecule has 0 radical (unpaired) electrons. The van der Waals surface area contributed by atoms with Crippen molar-refractivity contribution >= 4 is 11.0 Å². The number of hydrogen-bond acceptors (Lipinski definition) is 4. The number of benzene rings is 1. The van der Waals surface area contributed by atoms with E-state index in [0.29, 0.717) is 6.42 Å². The van der Waals surface area contributed by atoms with Crippen LogP contribution in [0.5, 0.6) is 0 Å². The van der Waals surface area contributed by atoms with Crippen LogP contribution >= 0.6 is 0 Å². The van der Waals surface area contributed by atoms with Gasteiger partial charge in [-0.1, -0.05) is 38.5 Å². The van der Waals surface area contributed by atoms with Gasteiger partial charge in [-0.2, -0.15) is 5.10 Å². The van der Waals surface area contributed by atoms with Gasteiger partial charge in [0, 0.05) is 23.5 Å². The van der Waals surface area contributed by atoms with Crippen molar-refractivity contribution in [3.8, 4) is 11.3 Å². The van der Waals surface area contributed by atoms with Crippen LogP contribution in [0.4, 0.5) is 0 Å². The minimum Gasteiger partial charge on any atom is -0.388 e. The van der Waals surface area contributed by atoms with Crippen molar-refractivity contribution in [3.63, 3.8) is 0 Å². The molecule has 0 aliphatic rings. The summed E-state index contributed by atoms with van der Waals surface area (Å²) in [5.41, 5.74) is 4.99. The number of fused-ring (bicyclic) bond motifs is 1. The van der Waals surface area contributed by atoms with Crippen molar-refractivity contribution < 1.29 is 5.11 Å². The van der Waals surface area contributed by atoms with Crippen molar-refractivity contribution in [3.05, 3.63) is 47.7 Å². The molecule has 1 aromatic carbocycles. The molecule has 3 aromatic rings. The summed E-state index contributed by atoms with van der Waals surface area (Å²) in [4.78, 5) is 7.31. The second-order valence-electron chi connectivity index (χ2n) is 8.23. The number of aliphatic hydroxyl groups excluding tert-OH is 1. The average molecular weight is 395 g/mol. The van der Waals surface area contributed by atoms with Gasteiger partial charge in [-0.25, -0.2) is 9.67 Å². The summed E-state index contributed by atoms with van der Waals surface area (Å²) in [6.45, 7) is 10.4. The number of unbranched alkanes of at least 4 members (excludes halogenated alkanes) is 1. The van der Waals surface area contributed by atoms with Gasteiger partial charge >= 0.3 is 0 Å². The van der Waals surface area contributed by atoms with Crippen LogP contribution in [0.3, 0.4) is 0 Å². The number of aromatic nitrogens is 3. The van der Waals surface area contributed by atoms with Crippen LogP contribution < -0.4 is 0 Å². The highest BCUT2D eigenvalue weighted by atomic mass is 16.3. The van der Waals surface area contributed by atoms with E-state index in [1.54, 1.807) is 0 Å². The molecule has 5 heteroatoms. The largest absolute Gasteiger partial charge is 0.388 e. The molecule has 0 aliphatic carbocycles. The molecule has 1 unspecified atom stereocenters. The van der Waals surface area contributed by atoms with Crippen LogP contribution in [0.25, 0.3) is 22.3 Å². The Bertz CT molecular complexity index is 947. The lowest BCUT2D eigenvalue weighted by Crippen LogP contribution is -2.18. The van der Waals surface area contributed by atoms with Crippen molar-refractivity contribution in [1.82, 2.24) is 19.7 Å². The first kappa shape index (κ1) is 21.5. The number of rotatable bonds is 9. The molecular formula is C24H34N4O. The molecule has 0 amide bonds. The van der Waals surface area contributed by atoms with Gasteiger partial charge in [0.2, 0.25) is 0 Å². The third-order valence-corrected chi connectivity index (χ3v) is 5.40. The third-order valence-electron chi connectivity index (χ3n) is 5.40. The second-order valence-corrected chi connectivity index (χ2v) is 8.23. The van der Waals surface area contributed by atoms with Crippen LogP contribution in [-0.4, -0.2) is 38.4 Å². The van der Waals surface area contributed by atoms with E-state index in [0.717, 1.165) is 40.9 Å². The fourth-order valence-electron chi connectivity index (χ4n) is 3.71. The predicted octanol–water partition coefficient (Wildman–Crippen LogP) is 5.35. The highest BCUT2D eigenvalue weighted by Crippen LogP contribution is 2.31. The van der Waals surface area contributed by atoms with E-state index in [9.17, 15) is 5.11 Å². The lowest BCUT2D eigenvalue weighted by molar-refractivity contribution is 0.175. The van der Waals surface area contributed by atoms with E-state index >= 15 is 0 Å². The van der Waals surface area contributed by atoms with E-state index < -0.39 is 6.10 Å². The minimum atomic E-state index is -0.521. The molecule has 0 bridgehead atoms. The molecule has 1 N–H and O–H groups in total. The third kappa shape index (κ3) is 4.85. The Morgan fingerprint density at radius 3 is 2.66 bits per heavy atom. The maximum absolute atomic E-state index is 10.6. The second kappa shape index (κ2) is 9.51. The molecule has 29 heavy (non-hydrogen) atoms. The zero-order chi connectivity index (χ0) is 21.0. The summed E-state index contributed by atoms with van der Waals surface area (Å²) < 4.78 is 1.94. The zero-order valence-electron chi connectivity index (χ0n) is 18.4. The maximum Gasteiger partial charge on any atom is 0.159 e. The molecule has 2 heterocycles. The maximum atomic E-state index is 10.6. The van der Waals surface area contributed by atoms with Gasteiger partial charge in [-0.3, -0.25) is 0 Å². The first-order chi connectivity index (χ1) is 13.9. The van der Waals surface area contributed by atoms with E-state index in [1.807, 2.05) is 23.9 Å². The van der Waals surface area contributed by atoms with Crippen LogP contribution in [0.15, 0.2) is 36.5 Å². The van der Waals surface area contributed by atoms with Crippen molar-refractivity contribution in [2.24, 2.45) is 0 Å². The zero-order valence-corrected chi connectivity index (χ0v) is 18.4. The monoisotopic (exact) mass is 394 g/mol. The van der Waals surface area contributed by atoms with Gasteiger partial charge in [0.1, 0.15) is 0 Å². The van der Waals surface area contributed by atoms with Crippen LogP contribution in [-0.2, 0) is 6.54 Å². The summed E-state index contributed by atoms with van der Waals surface area (Å²) in [6, 6.07) is 10.8. The minimum absolute atomic E-state index is 0.209. The number of pyridine rings is 1. The SMILES string of the molecule is CCCCN(C)Cc1cccc(-c2cc(C(O)CC)c3cnn(C(C)C)c3n2)c1. The lowest BCUT2D eigenvalue weighted by Gasteiger charge is -2.17. The molecule has 0 saturated carbocycles. The van der Waals surface area contributed by atoms with Crippen LogP contribution in [0.2, 0.25) is 0 Å². The topological polar surface area (TPSA) is 54.2 Å². The molecule has 0 aliphatic heterocycles. The van der Waals surface area contributed by atoms with Crippen LogP contribution in [0.1, 0.15) is 70.2 Å². The van der Waals surface area contributed by atoms with Gasteiger partial charge in [0.25, 0.3) is 0 Å². The number of nitrogens with zero attached hydrogens (tertiary/aromatic N) is 4. The van der Waals surface area contributed by atoms with Gasteiger partial charge in [-0.15, -0.1) is 0 Å². The fraction of sp³-hybridized carbons (Fsp3) is 0.500.